The van der Waals surface area contributed by atoms with Gasteiger partial charge in [-0.05, 0) is 44.8 Å². The highest BCUT2D eigenvalue weighted by Crippen LogP contribution is 2.23. The summed E-state index contributed by atoms with van der Waals surface area (Å²) in [6.07, 6.45) is 2.51. The van der Waals surface area contributed by atoms with Gasteiger partial charge in [0.25, 0.3) is 0 Å². The Bertz CT molecular complexity index is 413. The summed E-state index contributed by atoms with van der Waals surface area (Å²) in [5.74, 6) is 1.74. The number of nitrogens with zero attached hydrogens (tertiary/aromatic N) is 1. The highest BCUT2D eigenvalue weighted by molar-refractivity contribution is 5.33. The molecule has 0 aromatic heterocycles. The highest BCUT2D eigenvalue weighted by atomic mass is 16.5. The van der Waals surface area contributed by atoms with Crippen molar-refractivity contribution >= 4 is 0 Å². The van der Waals surface area contributed by atoms with Gasteiger partial charge in [0.15, 0.2) is 0 Å². The maximum Gasteiger partial charge on any atom is 0.123 e. The second-order valence-corrected chi connectivity index (χ2v) is 6.35. The van der Waals surface area contributed by atoms with E-state index in [1.807, 2.05) is 0 Å². The van der Waals surface area contributed by atoms with E-state index in [1.165, 1.54) is 18.4 Å². The lowest BCUT2D eigenvalue weighted by Gasteiger charge is -2.36. The molecule has 0 radical (unpaired) electrons. The fraction of sp³-hybridized carbons (Fsp3) is 0.667. The minimum atomic E-state index is 0.694. The lowest BCUT2D eigenvalue weighted by molar-refractivity contribution is 0.135. The third-order valence-electron chi connectivity index (χ3n) is 4.07. The fourth-order valence-corrected chi connectivity index (χ4v) is 3.13. The molecule has 21 heavy (non-hydrogen) atoms. The molecule has 1 fully saturated rings. The molecule has 0 atom stereocenters. The van der Waals surface area contributed by atoms with Gasteiger partial charge < -0.3 is 10.1 Å². The normalized spacial score (nSPS) is 16.6. The van der Waals surface area contributed by atoms with Crippen LogP contribution in [0.15, 0.2) is 24.3 Å². The first-order chi connectivity index (χ1) is 10.2. The molecule has 3 nitrogen and oxygen atoms in total. The first kappa shape index (κ1) is 16.3. The number of hydrogen-bond donors (Lipinski definition) is 1. The largest absolute Gasteiger partial charge is 0.494 e. The summed E-state index contributed by atoms with van der Waals surface area (Å²) in [6.45, 7) is 11.8. The molecule has 0 aliphatic carbocycles. The van der Waals surface area contributed by atoms with Crippen molar-refractivity contribution in [2.24, 2.45) is 5.92 Å². The molecule has 118 valence electrons. The molecule has 1 aliphatic rings. The predicted octanol–water partition coefficient (Wildman–Crippen LogP) is 3.30. The van der Waals surface area contributed by atoms with Crippen molar-refractivity contribution in [1.29, 1.82) is 0 Å². The van der Waals surface area contributed by atoms with Crippen LogP contribution >= 0.6 is 0 Å². The second kappa shape index (κ2) is 8.40. The molecule has 1 N–H and O–H groups in total. The Balaban J connectivity index is 2.10. The topological polar surface area (TPSA) is 24.5 Å². The first-order valence-electron chi connectivity index (χ1n) is 8.36. The third kappa shape index (κ3) is 5.01. The predicted molar refractivity (Wildman–Crippen MR) is 88.8 cm³/mol. The Morgan fingerprint density at radius 3 is 2.62 bits per heavy atom. The number of benzene rings is 1. The van der Waals surface area contributed by atoms with Gasteiger partial charge in [0.05, 0.1) is 6.61 Å². The SMILES string of the molecule is CCOc1ccccc1CN(CC(C)C)C1CCNCC1. The summed E-state index contributed by atoms with van der Waals surface area (Å²) in [7, 11) is 0. The number of hydrogen-bond acceptors (Lipinski definition) is 3. The van der Waals surface area contributed by atoms with Gasteiger partial charge in [0.2, 0.25) is 0 Å². The summed E-state index contributed by atoms with van der Waals surface area (Å²) >= 11 is 0. The Labute approximate surface area is 129 Å². The summed E-state index contributed by atoms with van der Waals surface area (Å²) in [6, 6.07) is 9.18. The van der Waals surface area contributed by atoms with Crippen molar-refractivity contribution < 1.29 is 4.74 Å². The molecular formula is C18H30N2O. The molecule has 2 rings (SSSR count). The molecule has 0 bridgehead atoms. The lowest BCUT2D eigenvalue weighted by atomic mass is 10.0. The zero-order chi connectivity index (χ0) is 15.1. The van der Waals surface area contributed by atoms with E-state index in [9.17, 15) is 0 Å². The van der Waals surface area contributed by atoms with E-state index in [4.69, 9.17) is 4.74 Å². The van der Waals surface area contributed by atoms with E-state index in [0.717, 1.165) is 38.5 Å². The van der Waals surface area contributed by atoms with Gasteiger partial charge in [-0.15, -0.1) is 0 Å². The van der Waals surface area contributed by atoms with E-state index >= 15 is 0 Å². The van der Waals surface area contributed by atoms with Crippen LogP contribution in [0.5, 0.6) is 5.75 Å². The van der Waals surface area contributed by atoms with Crippen molar-refractivity contribution in [2.75, 3.05) is 26.2 Å². The molecule has 0 spiro atoms. The average Bonchev–Trinajstić information content (AvgIpc) is 2.49. The zero-order valence-corrected chi connectivity index (χ0v) is 13.8. The highest BCUT2D eigenvalue weighted by Gasteiger charge is 2.22. The van der Waals surface area contributed by atoms with Crippen LogP contribution in [-0.4, -0.2) is 37.2 Å². The monoisotopic (exact) mass is 290 g/mol. The molecule has 0 amide bonds. The minimum absolute atomic E-state index is 0.694. The van der Waals surface area contributed by atoms with E-state index < -0.39 is 0 Å². The van der Waals surface area contributed by atoms with Gasteiger partial charge in [-0.3, -0.25) is 4.90 Å². The number of nitrogens with one attached hydrogen (secondary N) is 1. The molecule has 1 saturated heterocycles. The van der Waals surface area contributed by atoms with Crippen LogP contribution in [0.25, 0.3) is 0 Å². The molecule has 0 unspecified atom stereocenters. The van der Waals surface area contributed by atoms with Gasteiger partial charge in [-0.25, -0.2) is 0 Å². The average molecular weight is 290 g/mol. The van der Waals surface area contributed by atoms with Crippen molar-refractivity contribution in [3.63, 3.8) is 0 Å². The van der Waals surface area contributed by atoms with Gasteiger partial charge in [0, 0.05) is 24.7 Å². The fourth-order valence-electron chi connectivity index (χ4n) is 3.13. The van der Waals surface area contributed by atoms with Crippen LogP contribution in [0.1, 0.15) is 39.2 Å². The number of rotatable bonds is 7. The Hall–Kier alpha value is -1.06. The molecule has 1 aromatic carbocycles. The van der Waals surface area contributed by atoms with Crippen LogP contribution in [0.3, 0.4) is 0 Å². The van der Waals surface area contributed by atoms with Crippen LogP contribution < -0.4 is 10.1 Å². The number of para-hydroxylation sites is 1. The molecule has 3 heteroatoms. The third-order valence-corrected chi connectivity index (χ3v) is 4.07. The van der Waals surface area contributed by atoms with Crippen molar-refractivity contribution in [3.8, 4) is 5.75 Å². The summed E-state index contributed by atoms with van der Waals surface area (Å²) in [5.41, 5.74) is 1.32. The lowest BCUT2D eigenvalue weighted by Crippen LogP contribution is -2.44. The minimum Gasteiger partial charge on any atom is -0.494 e. The molecule has 0 saturated carbocycles. The Kier molecular flexibility index (Phi) is 6.52. The van der Waals surface area contributed by atoms with Gasteiger partial charge in [-0.2, -0.15) is 0 Å². The van der Waals surface area contributed by atoms with Gasteiger partial charge in [0.1, 0.15) is 5.75 Å². The van der Waals surface area contributed by atoms with Gasteiger partial charge >= 0.3 is 0 Å². The van der Waals surface area contributed by atoms with Gasteiger partial charge in [-0.1, -0.05) is 32.0 Å². The number of piperidine rings is 1. The first-order valence-corrected chi connectivity index (χ1v) is 8.36. The van der Waals surface area contributed by atoms with E-state index in [2.05, 4.69) is 55.3 Å². The van der Waals surface area contributed by atoms with E-state index in [0.29, 0.717) is 12.0 Å². The summed E-state index contributed by atoms with van der Waals surface area (Å²) in [4.78, 5) is 2.66. The van der Waals surface area contributed by atoms with Crippen molar-refractivity contribution in [3.05, 3.63) is 29.8 Å². The second-order valence-electron chi connectivity index (χ2n) is 6.35. The Morgan fingerprint density at radius 1 is 1.24 bits per heavy atom. The number of ether oxygens (including phenoxy) is 1. The van der Waals surface area contributed by atoms with Crippen molar-refractivity contribution in [2.45, 2.75) is 46.2 Å². The van der Waals surface area contributed by atoms with E-state index in [1.54, 1.807) is 0 Å². The summed E-state index contributed by atoms with van der Waals surface area (Å²) < 4.78 is 5.79. The molecule has 1 heterocycles. The zero-order valence-electron chi connectivity index (χ0n) is 13.8. The smallest absolute Gasteiger partial charge is 0.123 e. The van der Waals surface area contributed by atoms with E-state index in [-0.39, 0.29) is 0 Å². The molecular weight excluding hydrogens is 260 g/mol. The van der Waals surface area contributed by atoms with Crippen molar-refractivity contribution in [1.82, 2.24) is 10.2 Å². The quantitative estimate of drug-likeness (QED) is 0.834. The standard InChI is InChI=1S/C18H30N2O/c1-4-21-18-8-6-5-7-16(18)14-20(13-15(2)3)17-9-11-19-12-10-17/h5-8,15,17,19H,4,9-14H2,1-3H3. The maximum atomic E-state index is 5.79. The Morgan fingerprint density at radius 2 is 1.95 bits per heavy atom. The summed E-state index contributed by atoms with van der Waals surface area (Å²) in [5, 5.41) is 3.47. The van der Waals surface area contributed by atoms with Crippen LogP contribution in [-0.2, 0) is 6.54 Å². The van der Waals surface area contributed by atoms with Crippen LogP contribution in [0.2, 0.25) is 0 Å². The molecule has 1 aliphatic heterocycles. The molecule has 1 aromatic rings. The van der Waals surface area contributed by atoms with Crippen LogP contribution in [0, 0.1) is 5.92 Å². The maximum absolute atomic E-state index is 5.79. The van der Waals surface area contributed by atoms with Crippen LogP contribution in [0.4, 0.5) is 0 Å².